The van der Waals surface area contributed by atoms with Crippen LogP contribution in [0.25, 0.3) is 0 Å². The Hall–Kier alpha value is -0.290. The number of methoxy groups -OCH3 is 1. The van der Waals surface area contributed by atoms with Crippen LogP contribution >= 0.6 is 27.5 Å². The third-order valence-electron chi connectivity index (χ3n) is 2.29. The first-order valence-electron chi connectivity index (χ1n) is 5.87. The molecular formula is C13H19BrClNO2. The number of halogens is 2. The van der Waals surface area contributed by atoms with Gasteiger partial charge in [0.25, 0.3) is 0 Å². The molecule has 1 aromatic rings. The monoisotopic (exact) mass is 335 g/mol. The molecule has 18 heavy (non-hydrogen) atoms. The molecule has 0 fully saturated rings. The van der Waals surface area contributed by atoms with E-state index >= 15 is 0 Å². The Balaban J connectivity index is 2.64. The average molecular weight is 337 g/mol. The molecule has 0 aliphatic heterocycles. The van der Waals surface area contributed by atoms with E-state index in [0.29, 0.717) is 17.7 Å². The highest BCUT2D eigenvalue weighted by atomic mass is 79.9. The van der Waals surface area contributed by atoms with Gasteiger partial charge >= 0.3 is 0 Å². The van der Waals surface area contributed by atoms with E-state index in [4.69, 9.17) is 21.1 Å². The average Bonchev–Trinajstić information content (AvgIpc) is 2.29. The van der Waals surface area contributed by atoms with E-state index in [0.717, 1.165) is 16.8 Å². The van der Waals surface area contributed by atoms with Gasteiger partial charge in [0.2, 0.25) is 0 Å². The lowest BCUT2D eigenvalue weighted by Crippen LogP contribution is -2.38. The second kappa shape index (κ2) is 8.00. The van der Waals surface area contributed by atoms with E-state index in [1.54, 1.807) is 13.2 Å². The van der Waals surface area contributed by atoms with E-state index in [2.05, 4.69) is 35.1 Å². The Labute approximate surface area is 122 Å². The third-order valence-corrected chi connectivity index (χ3v) is 3.15. The van der Waals surface area contributed by atoms with Crippen LogP contribution in [-0.4, -0.2) is 32.4 Å². The lowest BCUT2D eigenvalue weighted by atomic mass is 10.3. The zero-order valence-electron chi connectivity index (χ0n) is 10.9. The highest BCUT2D eigenvalue weighted by Gasteiger charge is 2.13. The molecule has 0 spiro atoms. The summed E-state index contributed by atoms with van der Waals surface area (Å²) in [5.41, 5.74) is 0. The lowest BCUT2D eigenvalue weighted by Gasteiger charge is -2.21. The van der Waals surface area contributed by atoms with Crippen LogP contribution in [0.5, 0.6) is 5.75 Å². The SMILES string of the molecule is COCC(CNC(C)C)Oc1ccc(Cl)cc1Br. The van der Waals surface area contributed by atoms with Gasteiger partial charge in [-0.25, -0.2) is 0 Å². The summed E-state index contributed by atoms with van der Waals surface area (Å²) in [6, 6.07) is 5.89. The molecule has 0 aliphatic carbocycles. The smallest absolute Gasteiger partial charge is 0.134 e. The van der Waals surface area contributed by atoms with Gasteiger partial charge in [0.15, 0.2) is 0 Å². The van der Waals surface area contributed by atoms with Gasteiger partial charge in [-0.05, 0) is 34.1 Å². The van der Waals surface area contributed by atoms with E-state index < -0.39 is 0 Å². The van der Waals surface area contributed by atoms with Crippen LogP contribution in [-0.2, 0) is 4.74 Å². The van der Waals surface area contributed by atoms with Crippen molar-refractivity contribution >= 4 is 27.5 Å². The van der Waals surface area contributed by atoms with E-state index in [1.807, 2.05) is 12.1 Å². The fraction of sp³-hybridized carbons (Fsp3) is 0.538. The molecule has 1 N–H and O–H groups in total. The van der Waals surface area contributed by atoms with Crippen molar-refractivity contribution in [3.63, 3.8) is 0 Å². The largest absolute Gasteiger partial charge is 0.486 e. The van der Waals surface area contributed by atoms with Gasteiger partial charge in [-0.1, -0.05) is 25.4 Å². The Bertz CT molecular complexity index is 374. The standard InChI is InChI=1S/C13H19BrClNO2/c1-9(2)16-7-11(8-17-3)18-13-5-4-10(15)6-12(13)14/h4-6,9,11,16H,7-8H2,1-3H3. The second-order valence-corrected chi connectivity index (χ2v) is 5.62. The first-order chi connectivity index (χ1) is 8.52. The predicted octanol–water partition coefficient (Wildman–Crippen LogP) is 3.49. The summed E-state index contributed by atoms with van der Waals surface area (Å²) < 4.78 is 11.9. The maximum absolute atomic E-state index is 5.90. The number of rotatable bonds is 7. The van der Waals surface area contributed by atoms with Crippen molar-refractivity contribution in [2.45, 2.75) is 26.0 Å². The molecule has 0 aromatic heterocycles. The van der Waals surface area contributed by atoms with Gasteiger partial charge in [-0.15, -0.1) is 0 Å². The van der Waals surface area contributed by atoms with Crippen molar-refractivity contribution in [3.05, 3.63) is 27.7 Å². The summed E-state index contributed by atoms with van der Waals surface area (Å²) in [7, 11) is 1.67. The maximum atomic E-state index is 5.90. The number of nitrogens with one attached hydrogen (secondary N) is 1. The van der Waals surface area contributed by atoms with Crippen LogP contribution in [0.4, 0.5) is 0 Å². The fourth-order valence-electron chi connectivity index (χ4n) is 1.44. The highest BCUT2D eigenvalue weighted by molar-refractivity contribution is 9.10. The third kappa shape index (κ3) is 5.57. The van der Waals surface area contributed by atoms with E-state index in [-0.39, 0.29) is 6.10 Å². The predicted molar refractivity (Wildman–Crippen MR) is 78.6 cm³/mol. The van der Waals surface area contributed by atoms with Crippen LogP contribution in [0.1, 0.15) is 13.8 Å². The molecule has 0 saturated carbocycles. The van der Waals surface area contributed by atoms with Gasteiger partial charge in [-0.3, -0.25) is 0 Å². The number of benzene rings is 1. The van der Waals surface area contributed by atoms with E-state index in [1.165, 1.54) is 0 Å². The molecule has 1 atom stereocenters. The lowest BCUT2D eigenvalue weighted by molar-refractivity contribution is 0.0789. The molecule has 0 radical (unpaired) electrons. The number of hydrogen-bond acceptors (Lipinski definition) is 3. The Kier molecular flexibility index (Phi) is 7.00. The molecule has 0 bridgehead atoms. The molecule has 5 heteroatoms. The summed E-state index contributed by atoms with van der Waals surface area (Å²) in [5.74, 6) is 0.770. The zero-order chi connectivity index (χ0) is 13.5. The van der Waals surface area contributed by atoms with Gasteiger partial charge in [0, 0.05) is 24.7 Å². The molecule has 3 nitrogen and oxygen atoms in total. The summed E-state index contributed by atoms with van der Waals surface area (Å²) >= 11 is 9.33. The van der Waals surface area contributed by atoms with Gasteiger partial charge in [0.1, 0.15) is 11.9 Å². The van der Waals surface area contributed by atoms with Crippen molar-refractivity contribution in [3.8, 4) is 5.75 Å². The molecule has 0 heterocycles. The number of ether oxygens (including phenoxy) is 2. The first-order valence-corrected chi connectivity index (χ1v) is 7.04. The van der Waals surface area contributed by atoms with Crippen LogP contribution in [0, 0.1) is 0 Å². The Morgan fingerprint density at radius 3 is 2.67 bits per heavy atom. The van der Waals surface area contributed by atoms with Gasteiger partial charge in [-0.2, -0.15) is 0 Å². The summed E-state index contributed by atoms with van der Waals surface area (Å²) in [5, 5.41) is 4.01. The van der Waals surface area contributed by atoms with E-state index in [9.17, 15) is 0 Å². The molecule has 1 aromatic carbocycles. The first kappa shape index (κ1) is 15.8. The van der Waals surface area contributed by atoms with Crippen molar-refractivity contribution in [2.24, 2.45) is 0 Å². The van der Waals surface area contributed by atoms with Crippen molar-refractivity contribution in [1.29, 1.82) is 0 Å². The minimum absolute atomic E-state index is 0.0325. The molecule has 0 amide bonds. The fourth-order valence-corrected chi connectivity index (χ4v) is 2.21. The maximum Gasteiger partial charge on any atom is 0.134 e. The van der Waals surface area contributed by atoms with Crippen molar-refractivity contribution in [2.75, 3.05) is 20.3 Å². The summed E-state index contributed by atoms with van der Waals surface area (Å²) in [6.07, 6.45) is -0.0325. The van der Waals surface area contributed by atoms with Crippen LogP contribution in [0.15, 0.2) is 22.7 Å². The van der Waals surface area contributed by atoms with Crippen LogP contribution in [0.3, 0.4) is 0 Å². The molecule has 1 unspecified atom stereocenters. The summed E-state index contributed by atoms with van der Waals surface area (Å²) in [6.45, 7) is 5.47. The second-order valence-electron chi connectivity index (χ2n) is 4.33. The minimum atomic E-state index is -0.0325. The highest BCUT2D eigenvalue weighted by Crippen LogP contribution is 2.28. The molecule has 102 valence electrons. The molecule has 0 aliphatic rings. The zero-order valence-corrected chi connectivity index (χ0v) is 13.2. The normalized spacial score (nSPS) is 12.8. The van der Waals surface area contributed by atoms with Gasteiger partial charge < -0.3 is 14.8 Å². The molecule has 0 saturated heterocycles. The summed E-state index contributed by atoms with van der Waals surface area (Å²) in [4.78, 5) is 0. The van der Waals surface area contributed by atoms with Crippen LogP contribution in [0.2, 0.25) is 5.02 Å². The number of hydrogen-bond donors (Lipinski definition) is 1. The topological polar surface area (TPSA) is 30.5 Å². The Morgan fingerprint density at radius 1 is 1.39 bits per heavy atom. The Morgan fingerprint density at radius 2 is 2.11 bits per heavy atom. The van der Waals surface area contributed by atoms with Crippen molar-refractivity contribution < 1.29 is 9.47 Å². The minimum Gasteiger partial charge on any atom is -0.486 e. The quantitative estimate of drug-likeness (QED) is 0.827. The van der Waals surface area contributed by atoms with Gasteiger partial charge in [0.05, 0.1) is 11.1 Å². The molecular weight excluding hydrogens is 318 g/mol. The van der Waals surface area contributed by atoms with Crippen LogP contribution < -0.4 is 10.1 Å². The van der Waals surface area contributed by atoms with Crippen molar-refractivity contribution in [1.82, 2.24) is 5.32 Å². The molecule has 1 rings (SSSR count).